The molecule has 1 aromatic carbocycles. The minimum Gasteiger partial charge on any atom is -0.488 e. The predicted octanol–water partition coefficient (Wildman–Crippen LogP) is 0.833. The van der Waals surface area contributed by atoms with E-state index in [1.165, 1.54) is 6.07 Å². The lowest BCUT2D eigenvalue weighted by atomic mass is 10.2. The molecule has 14 heavy (non-hydrogen) atoms. The van der Waals surface area contributed by atoms with Crippen LogP contribution in [0.2, 0.25) is 0 Å². The predicted molar refractivity (Wildman–Crippen MR) is 51.7 cm³/mol. The van der Waals surface area contributed by atoms with Crippen LogP contribution in [0.3, 0.4) is 0 Å². The van der Waals surface area contributed by atoms with E-state index in [1.807, 2.05) is 0 Å². The molecule has 1 rings (SSSR count). The fourth-order valence-corrected chi connectivity index (χ4v) is 0.986. The molecular weight excluding hydrogens is 185 g/mol. The van der Waals surface area contributed by atoms with Gasteiger partial charge in [0.05, 0.1) is 0 Å². The van der Waals surface area contributed by atoms with Crippen LogP contribution >= 0.6 is 0 Å². The van der Waals surface area contributed by atoms with E-state index in [0.717, 1.165) is 0 Å². The van der Waals surface area contributed by atoms with Crippen molar-refractivity contribution in [2.24, 2.45) is 5.73 Å². The maximum atomic E-state index is 13.3. The van der Waals surface area contributed by atoms with Gasteiger partial charge in [0.25, 0.3) is 0 Å². The van der Waals surface area contributed by atoms with E-state index in [1.54, 1.807) is 19.1 Å². The van der Waals surface area contributed by atoms with Gasteiger partial charge in [0.1, 0.15) is 12.7 Å². The molecule has 0 bridgehead atoms. The Labute approximate surface area is 82.3 Å². The van der Waals surface area contributed by atoms with Crippen LogP contribution in [-0.2, 0) is 0 Å². The van der Waals surface area contributed by atoms with Gasteiger partial charge in [0.2, 0.25) is 0 Å². The number of hydrogen-bond donors (Lipinski definition) is 2. The number of ether oxygens (including phenoxy) is 1. The van der Waals surface area contributed by atoms with Crippen molar-refractivity contribution in [2.75, 3.05) is 13.2 Å². The van der Waals surface area contributed by atoms with Crippen molar-refractivity contribution < 1.29 is 14.2 Å². The van der Waals surface area contributed by atoms with Crippen LogP contribution in [0.1, 0.15) is 5.56 Å². The largest absolute Gasteiger partial charge is 0.488 e. The Kier molecular flexibility index (Phi) is 3.85. The van der Waals surface area contributed by atoms with Crippen LogP contribution in [-0.4, -0.2) is 24.4 Å². The SMILES string of the molecule is Cc1cccc(OCC(O)CN)c1F. The third kappa shape index (κ3) is 2.68. The van der Waals surface area contributed by atoms with Gasteiger partial charge < -0.3 is 15.6 Å². The zero-order valence-electron chi connectivity index (χ0n) is 8.03. The zero-order chi connectivity index (χ0) is 10.6. The van der Waals surface area contributed by atoms with Crippen molar-refractivity contribution in [3.05, 3.63) is 29.6 Å². The lowest BCUT2D eigenvalue weighted by Gasteiger charge is -2.11. The molecular formula is C10H14FNO2. The van der Waals surface area contributed by atoms with Crippen LogP contribution in [0.25, 0.3) is 0 Å². The van der Waals surface area contributed by atoms with E-state index in [-0.39, 0.29) is 18.9 Å². The topological polar surface area (TPSA) is 55.5 Å². The first-order chi connectivity index (χ1) is 6.65. The maximum absolute atomic E-state index is 13.3. The number of nitrogens with two attached hydrogens (primary N) is 1. The van der Waals surface area contributed by atoms with Crippen LogP contribution in [0.4, 0.5) is 4.39 Å². The smallest absolute Gasteiger partial charge is 0.167 e. The number of aliphatic hydroxyl groups excluding tert-OH is 1. The summed E-state index contributed by atoms with van der Waals surface area (Å²) in [4.78, 5) is 0. The number of hydrogen-bond acceptors (Lipinski definition) is 3. The molecule has 0 aliphatic rings. The molecule has 0 fully saturated rings. The minimum absolute atomic E-state index is 0.0108. The maximum Gasteiger partial charge on any atom is 0.167 e. The molecule has 0 aromatic heterocycles. The molecule has 0 amide bonds. The van der Waals surface area contributed by atoms with Gasteiger partial charge in [-0.15, -0.1) is 0 Å². The fourth-order valence-electron chi connectivity index (χ4n) is 0.986. The van der Waals surface area contributed by atoms with Gasteiger partial charge in [-0.2, -0.15) is 0 Å². The quantitative estimate of drug-likeness (QED) is 0.755. The first kappa shape index (κ1) is 10.9. The number of rotatable bonds is 4. The Bertz CT molecular complexity index is 304. The highest BCUT2D eigenvalue weighted by Gasteiger charge is 2.07. The molecule has 3 nitrogen and oxygen atoms in total. The number of aryl methyl sites for hydroxylation is 1. The first-order valence-corrected chi connectivity index (χ1v) is 4.41. The Morgan fingerprint density at radius 3 is 2.93 bits per heavy atom. The highest BCUT2D eigenvalue weighted by Crippen LogP contribution is 2.19. The Hall–Kier alpha value is -1.13. The molecule has 0 heterocycles. The first-order valence-electron chi connectivity index (χ1n) is 4.41. The Morgan fingerprint density at radius 2 is 2.29 bits per heavy atom. The van der Waals surface area contributed by atoms with E-state index >= 15 is 0 Å². The third-order valence-electron chi connectivity index (χ3n) is 1.86. The van der Waals surface area contributed by atoms with Crippen molar-refractivity contribution >= 4 is 0 Å². The van der Waals surface area contributed by atoms with Gasteiger partial charge in [0, 0.05) is 6.54 Å². The second-order valence-electron chi connectivity index (χ2n) is 3.09. The van der Waals surface area contributed by atoms with Gasteiger partial charge in [-0.05, 0) is 18.6 Å². The van der Waals surface area contributed by atoms with Crippen molar-refractivity contribution in [2.45, 2.75) is 13.0 Å². The monoisotopic (exact) mass is 199 g/mol. The van der Waals surface area contributed by atoms with E-state index in [0.29, 0.717) is 5.56 Å². The minimum atomic E-state index is -0.755. The number of aliphatic hydroxyl groups is 1. The number of benzene rings is 1. The molecule has 3 N–H and O–H groups in total. The summed E-state index contributed by atoms with van der Waals surface area (Å²) in [6.45, 7) is 1.77. The van der Waals surface area contributed by atoms with Crippen molar-refractivity contribution in [1.82, 2.24) is 0 Å². The van der Waals surface area contributed by atoms with Gasteiger partial charge in [-0.3, -0.25) is 0 Å². The van der Waals surface area contributed by atoms with E-state index in [2.05, 4.69) is 0 Å². The molecule has 1 unspecified atom stereocenters. The standard InChI is InChI=1S/C10H14FNO2/c1-7-3-2-4-9(10(7)11)14-6-8(13)5-12/h2-4,8,13H,5-6,12H2,1H3. The highest BCUT2D eigenvalue weighted by atomic mass is 19.1. The molecule has 0 aliphatic carbocycles. The summed E-state index contributed by atoms with van der Waals surface area (Å²) >= 11 is 0. The van der Waals surface area contributed by atoms with Gasteiger partial charge in [-0.25, -0.2) is 4.39 Å². The summed E-state index contributed by atoms with van der Waals surface area (Å²) in [6.07, 6.45) is -0.755. The lowest BCUT2D eigenvalue weighted by Crippen LogP contribution is -2.26. The summed E-state index contributed by atoms with van der Waals surface area (Å²) in [5.41, 5.74) is 5.70. The summed E-state index contributed by atoms with van der Waals surface area (Å²) < 4.78 is 18.4. The molecule has 78 valence electrons. The second kappa shape index (κ2) is 4.93. The van der Waals surface area contributed by atoms with Crippen molar-refractivity contribution in [3.8, 4) is 5.75 Å². The average Bonchev–Trinajstić information content (AvgIpc) is 2.20. The summed E-state index contributed by atoms with van der Waals surface area (Å²) in [6, 6.07) is 4.87. The van der Waals surface area contributed by atoms with Crippen LogP contribution in [0.5, 0.6) is 5.75 Å². The highest BCUT2D eigenvalue weighted by molar-refractivity contribution is 5.30. The van der Waals surface area contributed by atoms with Gasteiger partial charge in [-0.1, -0.05) is 12.1 Å². The van der Waals surface area contributed by atoms with E-state index in [9.17, 15) is 4.39 Å². The van der Waals surface area contributed by atoms with E-state index in [4.69, 9.17) is 15.6 Å². The molecule has 0 saturated carbocycles. The summed E-state index contributed by atoms with van der Waals surface area (Å²) in [7, 11) is 0. The lowest BCUT2D eigenvalue weighted by molar-refractivity contribution is 0.111. The number of halogens is 1. The third-order valence-corrected chi connectivity index (χ3v) is 1.86. The van der Waals surface area contributed by atoms with Crippen LogP contribution in [0.15, 0.2) is 18.2 Å². The molecule has 1 atom stereocenters. The molecule has 0 radical (unpaired) electrons. The molecule has 1 aromatic rings. The summed E-state index contributed by atoms with van der Waals surface area (Å²) in [5, 5.41) is 9.11. The van der Waals surface area contributed by atoms with Crippen molar-refractivity contribution in [3.63, 3.8) is 0 Å². The zero-order valence-corrected chi connectivity index (χ0v) is 8.03. The molecule has 0 aliphatic heterocycles. The van der Waals surface area contributed by atoms with Crippen LogP contribution < -0.4 is 10.5 Å². The van der Waals surface area contributed by atoms with E-state index < -0.39 is 11.9 Å². The summed E-state index contributed by atoms with van der Waals surface area (Å²) in [5.74, 6) is -0.241. The fraction of sp³-hybridized carbons (Fsp3) is 0.400. The molecule has 4 heteroatoms. The molecule has 0 saturated heterocycles. The van der Waals surface area contributed by atoms with Gasteiger partial charge >= 0.3 is 0 Å². The Morgan fingerprint density at radius 1 is 1.57 bits per heavy atom. The normalized spacial score (nSPS) is 12.6. The van der Waals surface area contributed by atoms with Crippen molar-refractivity contribution in [1.29, 1.82) is 0 Å². The van der Waals surface area contributed by atoms with Gasteiger partial charge in [0.15, 0.2) is 11.6 Å². The van der Waals surface area contributed by atoms with Crippen LogP contribution in [0, 0.1) is 12.7 Å². The Balaban J connectivity index is 2.63. The second-order valence-corrected chi connectivity index (χ2v) is 3.09. The molecule has 0 spiro atoms. The average molecular weight is 199 g/mol.